The number of ether oxygens (including phenoxy) is 1. The van der Waals surface area contributed by atoms with E-state index >= 15 is 0 Å². The highest BCUT2D eigenvalue weighted by Crippen LogP contribution is 2.34. The molecular formula is C16H22F3NO. The van der Waals surface area contributed by atoms with Gasteiger partial charge in [-0.05, 0) is 43.5 Å². The van der Waals surface area contributed by atoms with Crippen molar-refractivity contribution in [2.24, 2.45) is 5.92 Å². The molecule has 0 amide bonds. The van der Waals surface area contributed by atoms with Gasteiger partial charge in [-0.15, -0.1) is 0 Å². The second-order valence-corrected chi connectivity index (χ2v) is 5.53. The van der Waals surface area contributed by atoms with E-state index in [1.165, 1.54) is 12.1 Å². The van der Waals surface area contributed by atoms with E-state index in [4.69, 9.17) is 4.74 Å². The molecule has 118 valence electrons. The van der Waals surface area contributed by atoms with Crippen LogP contribution < -0.4 is 5.32 Å². The summed E-state index contributed by atoms with van der Waals surface area (Å²) in [7, 11) is 0. The van der Waals surface area contributed by atoms with Crippen LogP contribution in [0.4, 0.5) is 13.2 Å². The van der Waals surface area contributed by atoms with Crippen molar-refractivity contribution in [3.8, 4) is 0 Å². The summed E-state index contributed by atoms with van der Waals surface area (Å²) in [6.45, 7) is 4.20. The van der Waals surface area contributed by atoms with Crippen LogP contribution >= 0.6 is 0 Å². The summed E-state index contributed by atoms with van der Waals surface area (Å²) in [6, 6.07) is 5.58. The van der Waals surface area contributed by atoms with E-state index in [2.05, 4.69) is 5.32 Å². The van der Waals surface area contributed by atoms with E-state index in [-0.39, 0.29) is 12.0 Å². The van der Waals surface area contributed by atoms with Crippen LogP contribution in [0.5, 0.6) is 0 Å². The number of benzene rings is 1. The summed E-state index contributed by atoms with van der Waals surface area (Å²) in [4.78, 5) is 0. The average Bonchev–Trinajstić information content (AvgIpc) is 2.48. The number of hydrogen-bond donors (Lipinski definition) is 1. The first-order chi connectivity index (χ1) is 10.0. The van der Waals surface area contributed by atoms with Crippen LogP contribution in [0.2, 0.25) is 0 Å². The zero-order valence-electron chi connectivity index (χ0n) is 12.2. The van der Waals surface area contributed by atoms with Crippen molar-refractivity contribution in [1.82, 2.24) is 5.32 Å². The van der Waals surface area contributed by atoms with E-state index in [0.29, 0.717) is 12.2 Å². The molecule has 1 heterocycles. The monoisotopic (exact) mass is 301 g/mol. The molecule has 0 spiro atoms. The molecule has 21 heavy (non-hydrogen) atoms. The Kier molecular flexibility index (Phi) is 5.65. The van der Waals surface area contributed by atoms with Gasteiger partial charge >= 0.3 is 6.18 Å². The molecule has 2 rings (SSSR count). The fourth-order valence-corrected chi connectivity index (χ4v) is 2.79. The minimum atomic E-state index is -4.30. The maximum Gasteiger partial charge on any atom is 0.416 e. The van der Waals surface area contributed by atoms with Crippen molar-refractivity contribution in [2.75, 3.05) is 19.8 Å². The fourth-order valence-electron chi connectivity index (χ4n) is 2.79. The van der Waals surface area contributed by atoms with Gasteiger partial charge in [-0.2, -0.15) is 13.2 Å². The lowest BCUT2D eigenvalue weighted by molar-refractivity contribution is -0.137. The molecule has 0 aliphatic carbocycles. The molecule has 0 saturated carbocycles. The van der Waals surface area contributed by atoms with Gasteiger partial charge in [0.15, 0.2) is 0 Å². The predicted molar refractivity (Wildman–Crippen MR) is 76.0 cm³/mol. The van der Waals surface area contributed by atoms with Crippen LogP contribution in [-0.2, 0) is 10.9 Å². The second-order valence-electron chi connectivity index (χ2n) is 5.53. The Morgan fingerprint density at radius 2 is 2.19 bits per heavy atom. The molecule has 0 bridgehead atoms. The summed E-state index contributed by atoms with van der Waals surface area (Å²) in [5, 5.41) is 3.39. The molecule has 1 aromatic carbocycles. The van der Waals surface area contributed by atoms with E-state index in [1.54, 1.807) is 6.07 Å². The average molecular weight is 301 g/mol. The van der Waals surface area contributed by atoms with E-state index in [0.717, 1.165) is 38.5 Å². The van der Waals surface area contributed by atoms with Crippen molar-refractivity contribution in [1.29, 1.82) is 0 Å². The number of alkyl halides is 3. The van der Waals surface area contributed by atoms with Crippen LogP contribution in [0.25, 0.3) is 0 Å². The lowest BCUT2D eigenvalue weighted by atomic mass is 9.88. The third-order valence-electron chi connectivity index (χ3n) is 3.85. The Balaban J connectivity index is 2.22. The molecule has 0 radical (unpaired) electrons. The maximum atomic E-state index is 12.9. The van der Waals surface area contributed by atoms with Gasteiger partial charge in [0.1, 0.15) is 0 Å². The molecule has 1 saturated heterocycles. The molecule has 2 nitrogen and oxygen atoms in total. The number of halogens is 3. The number of hydrogen-bond acceptors (Lipinski definition) is 2. The molecule has 5 heteroatoms. The highest BCUT2D eigenvalue weighted by molar-refractivity contribution is 5.28. The van der Waals surface area contributed by atoms with Crippen LogP contribution in [0, 0.1) is 5.92 Å². The third-order valence-corrected chi connectivity index (χ3v) is 3.85. The van der Waals surface area contributed by atoms with E-state index in [1.807, 2.05) is 6.92 Å². The standard InChI is InChI=1S/C16H22F3NO/c1-2-8-20-15(13-6-4-9-21-11-13)12-5-3-7-14(10-12)16(17,18)19/h3,5,7,10,13,15,20H,2,4,6,8-9,11H2,1H3. The molecular weight excluding hydrogens is 279 g/mol. The van der Waals surface area contributed by atoms with Crippen LogP contribution in [0.15, 0.2) is 24.3 Å². The van der Waals surface area contributed by atoms with Gasteiger partial charge in [-0.3, -0.25) is 0 Å². The van der Waals surface area contributed by atoms with Crippen molar-refractivity contribution in [3.63, 3.8) is 0 Å². The van der Waals surface area contributed by atoms with Crippen LogP contribution in [0.1, 0.15) is 43.4 Å². The molecule has 0 aromatic heterocycles. The Bertz CT molecular complexity index is 441. The summed E-state index contributed by atoms with van der Waals surface area (Å²) >= 11 is 0. The van der Waals surface area contributed by atoms with Crippen LogP contribution in [0.3, 0.4) is 0 Å². The highest BCUT2D eigenvalue weighted by atomic mass is 19.4. The minimum absolute atomic E-state index is 0.0763. The molecule has 1 aliphatic rings. The topological polar surface area (TPSA) is 21.3 Å². The summed E-state index contributed by atoms with van der Waals surface area (Å²) in [6.07, 6.45) is -1.40. The zero-order valence-corrected chi connectivity index (χ0v) is 12.2. The first-order valence-electron chi connectivity index (χ1n) is 7.50. The Hall–Kier alpha value is -1.07. The quantitative estimate of drug-likeness (QED) is 0.881. The molecule has 1 N–H and O–H groups in total. The predicted octanol–water partition coefficient (Wildman–Crippen LogP) is 4.17. The maximum absolute atomic E-state index is 12.9. The largest absolute Gasteiger partial charge is 0.416 e. The van der Waals surface area contributed by atoms with E-state index in [9.17, 15) is 13.2 Å². The van der Waals surface area contributed by atoms with Crippen molar-refractivity contribution >= 4 is 0 Å². The minimum Gasteiger partial charge on any atom is -0.381 e. The fraction of sp³-hybridized carbons (Fsp3) is 0.625. The van der Waals surface area contributed by atoms with Crippen molar-refractivity contribution in [2.45, 2.75) is 38.4 Å². The number of rotatable bonds is 5. The highest BCUT2D eigenvalue weighted by Gasteiger charge is 2.32. The van der Waals surface area contributed by atoms with Crippen LogP contribution in [-0.4, -0.2) is 19.8 Å². The zero-order chi connectivity index (χ0) is 15.3. The van der Waals surface area contributed by atoms with Gasteiger partial charge < -0.3 is 10.1 Å². The van der Waals surface area contributed by atoms with E-state index < -0.39 is 11.7 Å². The summed E-state index contributed by atoms with van der Waals surface area (Å²) < 4.78 is 44.1. The number of nitrogens with one attached hydrogen (secondary N) is 1. The molecule has 1 aliphatic heterocycles. The van der Waals surface area contributed by atoms with Gasteiger partial charge in [0.2, 0.25) is 0 Å². The van der Waals surface area contributed by atoms with Gasteiger partial charge in [-0.1, -0.05) is 19.1 Å². The summed E-state index contributed by atoms with van der Waals surface area (Å²) in [5.41, 5.74) is 0.119. The smallest absolute Gasteiger partial charge is 0.381 e. The first kappa shape index (κ1) is 16.3. The SMILES string of the molecule is CCCNC(c1cccc(C(F)(F)F)c1)C1CCCOC1. The normalized spacial score (nSPS) is 21.2. The Morgan fingerprint density at radius 1 is 1.38 bits per heavy atom. The second kappa shape index (κ2) is 7.27. The Labute approximate surface area is 123 Å². The van der Waals surface area contributed by atoms with Crippen molar-refractivity contribution < 1.29 is 17.9 Å². The molecule has 1 fully saturated rings. The molecule has 2 unspecified atom stereocenters. The van der Waals surface area contributed by atoms with Gasteiger partial charge in [0.25, 0.3) is 0 Å². The lowest BCUT2D eigenvalue weighted by Crippen LogP contribution is -2.34. The molecule has 2 atom stereocenters. The lowest BCUT2D eigenvalue weighted by Gasteiger charge is -2.31. The Morgan fingerprint density at radius 3 is 2.81 bits per heavy atom. The molecule has 1 aromatic rings. The third kappa shape index (κ3) is 4.45. The van der Waals surface area contributed by atoms with Crippen molar-refractivity contribution in [3.05, 3.63) is 35.4 Å². The summed E-state index contributed by atoms with van der Waals surface area (Å²) in [5.74, 6) is 0.230. The van der Waals surface area contributed by atoms with Gasteiger partial charge in [0, 0.05) is 18.6 Å². The van der Waals surface area contributed by atoms with Gasteiger partial charge in [-0.25, -0.2) is 0 Å². The first-order valence-corrected chi connectivity index (χ1v) is 7.50. The van der Waals surface area contributed by atoms with Gasteiger partial charge in [0.05, 0.1) is 12.2 Å².